The number of rotatable bonds is 1. The molecule has 1 fully saturated rings. The van der Waals surface area contributed by atoms with E-state index in [1.807, 2.05) is 12.1 Å². The number of hydrogen-bond donors (Lipinski definition) is 1. The van der Waals surface area contributed by atoms with E-state index in [4.69, 9.17) is 11.6 Å². The second kappa shape index (κ2) is 5.39. The molecule has 1 aliphatic heterocycles. The summed E-state index contributed by atoms with van der Waals surface area (Å²) in [5.74, 6) is 0. The lowest BCUT2D eigenvalue weighted by molar-refractivity contribution is 0.589. The van der Waals surface area contributed by atoms with Crippen LogP contribution in [0.1, 0.15) is 0 Å². The molecule has 0 amide bonds. The fourth-order valence-corrected chi connectivity index (χ4v) is 1.68. The molecule has 0 aliphatic carbocycles. The van der Waals surface area contributed by atoms with Crippen LogP contribution >= 0.6 is 24.0 Å². The molecule has 2 heterocycles. The minimum Gasteiger partial charge on any atom is -0.369 e. The zero-order valence-electron chi connectivity index (χ0n) is 7.74. The van der Waals surface area contributed by atoms with Gasteiger partial charge in [-0.05, 0) is 12.1 Å². The molecule has 0 unspecified atom stereocenters. The van der Waals surface area contributed by atoms with Crippen molar-refractivity contribution in [1.82, 2.24) is 10.3 Å². The van der Waals surface area contributed by atoms with Gasteiger partial charge in [-0.15, -0.1) is 12.4 Å². The number of piperazine rings is 1. The molecule has 0 bridgehead atoms. The zero-order chi connectivity index (χ0) is 9.10. The fourth-order valence-electron chi connectivity index (χ4n) is 1.51. The Morgan fingerprint density at radius 1 is 1.36 bits per heavy atom. The molecule has 14 heavy (non-hydrogen) atoms. The highest BCUT2D eigenvalue weighted by Gasteiger charge is 2.09. The molecule has 0 atom stereocenters. The minimum absolute atomic E-state index is 0. The largest absolute Gasteiger partial charge is 0.369 e. The third kappa shape index (κ3) is 2.74. The van der Waals surface area contributed by atoms with E-state index >= 15 is 0 Å². The predicted molar refractivity (Wildman–Crippen MR) is 61.6 cm³/mol. The van der Waals surface area contributed by atoms with Crippen LogP contribution in [0.5, 0.6) is 0 Å². The number of aromatic nitrogens is 1. The zero-order valence-corrected chi connectivity index (χ0v) is 9.31. The van der Waals surface area contributed by atoms with Gasteiger partial charge in [0.05, 0.1) is 0 Å². The molecule has 0 radical (unpaired) electrons. The maximum Gasteiger partial charge on any atom is 0.131 e. The summed E-state index contributed by atoms with van der Waals surface area (Å²) >= 11 is 5.81. The second-order valence-corrected chi connectivity index (χ2v) is 3.46. The standard InChI is InChI=1S/C9H12ClN3.ClH/c10-9-7-8(1-2-12-9)13-5-3-11-4-6-13;/h1-2,7,11H,3-6H2;1H. The predicted octanol–water partition coefficient (Wildman–Crippen LogP) is 1.57. The molecule has 0 spiro atoms. The van der Waals surface area contributed by atoms with Crippen molar-refractivity contribution in [2.75, 3.05) is 31.1 Å². The third-order valence-electron chi connectivity index (χ3n) is 2.19. The topological polar surface area (TPSA) is 28.2 Å². The lowest BCUT2D eigenvalue weighted by Gasteiger charge is -2.29. The van der Waals surface area contributed by atoms with E-state index in [9.17, 15) is 0 Å². The Hall–Kier alpha value is -0.510. The molecule has 78 valence electrons. The fraction of sp³-hybridized carbons (Fsp3) is 0.444. The number of halogens is 2. The van der Waals surface area contributed by atoms with Crippen molar-refractivity contribution >= 4 is 29.7 Å². The van der Waals surface area contributed by atoms with E-state index in [1.165, 1.54) is 5.69 Å². The molecular formula is C9H13Cl2N3. The van der Waals surface area contributed by atoms with Crippen LogP contribution in [0.2, 0.25) is 5.15 Å². The molecule has 1 aromatic heterocycles. The van der Waals surface area contributed by atoms with Gasteiger partial charge in [0.25, 0.3) is 0 Å². The van der Waals surface area contributed by atoms with Crippen molar-refractivity contribution in [2.45, 2.75) is 0 Å². The number of nitrogens with one attached hydrogen (secondary N) is 1. The first kappa shape index (κ1) is 11.6. The molecule has 1 aromatic rings. The average Bonchev–Trinajstić information content (AvgIpc) is 2.19. The monoisotopic (exact) mass is 233 g/mol. The number of hydrogen-bond acceptors (Lipinski definition) is 3. The van der Waals surface area contributed by atoms with Crippen LogP contribution in [-0.2, 0) is 0 Å². The van der Waals surface area contributed by atoms with Gasteiger partial charge < -0.3 is 10.2 Å². The summed E-state index contributed by atoms with van der Waals surface area (Å²) in [6, 6.07) is 3.91. The van der Waals surface area contributed by atoms with Crippen LogP contribution in [0.3, 0.4) is 0 Å². The van der Waals surface area contributed by atoms with E-state index in [0.717, 1.165) is 26.2 Å². The Labute approximate surface area is 94.9 Å². The molecule has 3 nitrogen and oxygen atoms in total. The maximum absolute atomic E-state index is 5.81. The highest BCUT2D eigenvalue weighted by Crippen LogP contribution is 2.17. The number of pyridine rings is 1. The molecule has 5 heteroatoms. The van der Waals surface area contributed by atoms with Crippen LogP contribution in [0.4, 0.5) is 5.69 Å². The summed E-state index contributed by atoms with van der Waals surface area (Å²) in [5.41, 5.74) is 1.17. The Kier molecular flexibility index (Phi) is 4.45. The summed E-state index contributed by atoms with van der Waals surface area (Å²) in [5, 5.41) is 3.87. The van der Waals surface area contributed by atoms with Crippen molar-refractivity contribution in [3.63, 3.8) is 0 Å². The highest BCUT2D eigenvalue weighted by atomic mass is 35.5. The molecule has 2 rings (SSSR count). The van der Waals surface area contributed by atoms with E-state index < -0.39 is 0 Å². The molecule has 1 aliphatic rings. The Morgan fingerprint density at radius 2 is 2.07 bits per heavy atom. The first-order valence-electron chi connectivity index (χ1n) is 4.43. The van der Waals surface area contributed by atoms with Crippen molar-refractivity contribution in [3.05, 3.63) is 23.5 Å². The number of anilines is 1. The summed E-state index contributed by atoms with van der Waals surface area (Å²) in [4.78, 5) is 6.27. The Balaban J connectivity index is 0.000000980. The van der Waals surface area contributed by atoms with Crippen molar-refractivity contribution < 1.29 is 0 Å². The lowest BCUT2D eigenvalue weighted by Crippen LogP contribution is -2.43. The first-order valence-corrected chi connectivity index (χ1v) is 4.81. The molecular weight excluding hydrogens is 221 g/mol. The Morgan fingerprint density at radius 3 is 2.71 bits per heavy atom. The van der Waals surface area contributed by atoms with Gasteiger partial charge in [-0.1, -0.05) is 11.6 Å². The smallest absolute Gasteiger partial charge is 0.131 e. The van der Waals surface area contributed by atoms with Crippen LogP contribution in [-0.4, -0.2) is 31.2 Å². The molecule has 1 saturated heterocycles. The summed E-state index contributed by atoms with van der Waals surface area (Å²) in [7, 11) is 0. The van der Waals surface area contributed by atoms with Crippen LogP contribution in [0, 0.1) is 0 Å². The Bertz CT molecular complexity index is 287. The molecule has 0 aromatic carbocycles. The van der Waals surface area contributed by atoms with E-state index in [-0.39, 0.29) is 12.4 Å². The van der Waals surface area contributed by atoms with Crippen molar-refractivity contribution in [3.8, 4) is 0 Å². The quantitative estimate of drug-likeness (QED) is 0.747. The second-order valence-electron chi connectivity index (χ2n) is 3.07. The van der Waals surface area contributed by atoms with Gasteiger partial charge in [-0.25, -0.2) is 4.98 Å². The van der Waals surface area contributed by atoms with Gasteiger partial charge in [0.15, 0.2) is 0 Å². The van der Waals surface area contributed by atoms with Gasteiger partial charge >= 0.3 is 0 Å². The van der Waals surface area contributed by atoms with Gasteiger partial charge in [-0.3, -0.25) is 0 Å². The lowest BCUT2D eigenvalue weighted by atomic mass is 10.3. The minimum atomic E-state index is 0. The summed E-state index contributed by atoms with van der Waals surface area (Å²) in [6.07, 6.45) is 1.75. The average molecular weight is 234 g/mol. The third-order valence-corrected chi connectivity index (χ3v) is 2.40. The van der Waals surface area contributed by atoms with Gasteiger partial charge in [0, 0.05) is 38.1 Å². The SMILES string of the molecule is Cl.Clc1cc(N2CCNCC2)ccn1. The number of nitrogens with zero attached hydrogens (tertiary/aromatic N) is 2. The van der Waals surface area contributed by atoms with Gasteiger partial charge in [-0.2, -0.15) is 0 Å². The van der Waals surface area contributed by atoms with Crippen LogP contribution in [0.15, 0.2) is 18.3 Å². The first-order chi connectivity index (χ1) is 6.36. The van der Waals surface area contributed by atoms with Crippen LogP contribution in [0.25, 0.3) is 0 Å². The van der Waals surface area contributed by atoms with Gasteiger partial charge in [0.1, 0.15) is 5.15 Å². The van der Waals surface area contributed by atoms with Crippen molar-refractivity contribution in [2.24, 2.45) is 0 Å². The summed E-state index contributed by atoms with van der Waals surface area (Å²) < 4.78 is 0. The molecule has 0 saturated carbocycles. The van der Waals surface area contributed by atoms with Crippen LogP contribution < -0.4 is 10.2 Å². The van der Waals surface area contributed by atoms with E-state index in [0.29, 0.717) is 5.15 Å². The normalized spacial score (nSPS) is 16.2. The maximum atomic E-state index is 5.81. The summed E-state index contributed by atoms with van der Waals surface area (Å²) in [6.45, 7) is 4.17. The van der Waals surface area contributed by atoms with Crippen molar-refractivity contribution in [1.29, 1.82) is 0 Å². The highest BCUT2D eigenvalue weighted by molar-refractivity contribution is 6.29. The van der Waals surface area contributed by atoms with E-state index in [2.05, 4.69) is 15.2 Å². The molecule has 1 N–H and O–H groups in total. The van der Waals surface area contributed by atoms with E-state index in [1.54, 1.807) is 6.20 Å². The van der Waals surface area contributed by atoms with Gasteiger partial charge in [0.2, 0.25) is 0 Å².